The fourth-order valence-corrected chi connectivity index (χ4v) is 0.717. The van der Waals surface area contributed by atoms with Crippen molar-refractivity contribution in [1.29, 1.82) is 0 Å². The first-order valence-electron chi connectivity index (χ1n) is 5.17. The largest absolute Gasteiger partial charge is 0.465 e. The van der Waals surface area contributed by atoms with Gasteiger partial charge < -0.3 is 9.57 Å². The summed E-state index contributed by atoms with van der Waals surface area (Å²) in [5.74, 6) is 0.195. The van der Waals surface area contributed by atoms with Gasteiger partial charge in [-0.25, -0.2) is 0 Å². The highest BCUT2D eigenvalue weighted by atomic mass is 16.6. The SMILES string of the molecule is CCCCOC(=O)CNOCC(C)C. The zero-order chi connectivity index (χ0) is 10.8. The third kappa shape index (κ3) is 9.48. The van der Waals surface area contributed by atoms with Gasteiger partial charge in [-0.05, 0) is 12.3 Å². The van der Waals surface area contributed by atoms with E-state index in [0.717, 1.165) is 12.8 Å². The summed E-state index contributed by atoms with van der Waals surface area (Å²) in [5.41, 5.74) is 2.57. The summed E-state index contributed by atoms with van der Waals surface area (Å²) >= 11 is 0. The molecule has 0 unspecified atom stereocenters. The third-order valence-corrected chi connectivity index (χ3v) is 1.50. The van der Waals surface area contributed by atoms with E-state index in [2.05, 4.69) is 12.4 Å². The van der Waals surface area contributed by atoms with Crippen LogP contribution < -0.4 is 5.48 Å². The van der Waals surface area contributed by atoms with Gasteiger partial charge in [0.1, 0.15) is 6.54 Å². The van der Waals surface area contributed by atoms with E-state index in [-0.39, 0.29) is 12.5 Å². The second-order valence-electron chi connectivity index (χ2n) is 3.60. The van der Waals surface area contributed by atoms with Gasteiger partial charge >= 0.3 is 5.97 Å². The van der Waals surface area contributed by atoms with Gasteiger partial charge in [-0.1, -0.05) is 27.2 Å². The molecule has 0 amide bonds. The van der Waals surface area contributed by atoms with E-state index in [1.54, 1.807) is 0 Å². The van der Waals surface area contributed by atoms with Crippen LogP contribution in [-0.4, -0.2) is 25.7 Å². The Bertz CT molecular complexity index is 148. The lowest BCUT2D eigenvalue weighted by Gasteiger charge is -2.07. The van der Waals surface area contributed by atoms with Gasteiger partial charge in [-0.15, -0.1) is 0 Å². The van der Waals surface area contributed by atoms with Gasteiger partial charge in [0, 0.05) is 0 Å². The number of carbonyl (C=O) groups excluding carboxylic acids is 1. The Kier molecular flexibility index (Phi) is 8.57. The number of rotatable bonds is 8. The van der Waals surface area contributed by atoms with Crippen molar-refractivity contribution in [2.45, 2.75) is 33.6 Å². The molecule has 0 aromatic rings. The fourth-order valence-electron chi connectivity index (χ4n) is 0.717. The zero-order valence-corrected chi connectivity index (χ0v) is 9.34. The summed E-state index contributed by atoms with van der Waals surface area (Å²) in [6.45, 7) is 7.36. The Morgan fingerprint density at radius 3 is 2.71 bits per heavy atom. The molecular weight excluding hydrogens is 182 g/mol. The molecule has 14 heavy (non-hydrogen) atoms. The van der Waals surface area contributed by atoms with E-state index in [0.29, 0.717) is 19.1 Å². The average Bonchev–Trinajstić information content (AvgIpc) is 2.13. The Hall–Kier alpha value is -0.610. The standard InChI is InChI=1S/C10H21NO3/c1-4-5-6-13-10(12)7-11-14-8-9(2)3/h9,11H,4-8H2,1-3H3. The van der Waals surface area contributed by atoms with Crippen LogP contribution in [0, 0.1) is 5.92 Å². The molecule has 4 nitrogen and oxygen atoms in total. The second-order valence-corrected chi connectivity index (χ2v) is 3.60. The van der Waals surface area contributed by atoms with Gasteiger partial charge in [0.15, 0.2) is 0 Å². The normalized spacial score (nSPS) is 10.6. The summed E-state index contributed by atoms with van der Waals surface area (Å²) in [5, 5.41) is 0. The number of nitrogens with one attached hydrogen (secondary N) is 1. The maximum absolute atomic E-state index is 11.0. The maximum atomic E-state index is 11.0. The molecule has 84 valence electrons. The Morgan fingerprint density at radius 1 is 1.43 bits per heavy atom. The van der Waals surface area contributed by atoms with E-state index >= 15 is 0 Å². The quantitative estimate of drug-likeness (QED) is 0.369. The Balaban J connectivity index is 3.18. The number of ether oxygens (including phenoxy) is 1. The van der Waals surface area contributed by atoms with Crippen molar-refractivity contribution in [1.82, 2.24) is 5.48 Å². The molecule has 0 aliphatic carbocycles. The first-order chi connectivity index (χ1) is 6.66. The Labute approximate surface area is 85.9 Å². The molecule has 0 saturated carbocycles. The summed E-state index contributed by atoms with van der Waals surface area (Å²) in [6.07, 6.45) is 1.95. The molecule has 0 aromatic carbocycles. The molecule has 4 heteroatoms. The second kappa shape index (κ2) is 8.97. The van der Waals surface area contributed by atoms with E-state index in [4.69, 9.17) is 9.57 Å². The molecule has 0 aliphatic heterocycles. The monoisotopic (exact) mass is 203 g/mol. The van der Waals surface area contributed by atoms with Crippen molar-refractivity contribution in [3.05, 3.63) is 0 Å². The maximum Gasteiger partial charge on any atom is 0.322 e. The van der Waals surface area contributed by atoms with E-state index in [1.807, 2.05) is 13.8 Å². The minimum absolute atomic E-state index is 0.121. The molecule has 0 spiro atoms. The molecule has 0 rings (SSSR count). The molecule has 0 heterocycles. The van der Waals surface area contributed by atoms with Crippen molar-refractivity contribution in [2.75, 3.05) is 19.8 Å². The van der Waals surface area contributed by atoms with Gasteiger partial charge in [0.05, 0.1) is 13.2 Å². The van der Waals surface area contributed by atoms with Crippen LogP contribution in [0.1, 0.15) is 33.6 Å². The number of hydrogen-bond acceptors (Lipinski definition) is 4. The summed E-state index contributed by atoms with van der Waals surface area (Å²) in [7, 11) is 0. The van der Waals surface area contributed by atoms with Gasteiger partial charge in [-0.2, -0.15) is 5.48 Å². The number of hydrogen-bond donors (Lipinski definition) is 1. The lowest BCUT2D eigenvalue weighted by molar-refractivity contribution is -0.145. The number of unbranched alkanes of at least 4 members (excludes halogenated alkanes) is 1. The van der Waals surface area contributed by atoms with Crippen molar-refractivity contribution in [3.63, 3.8) is 0 Å². The van der Waals surface area contributed by atoms with Crippen LogP contribution in [-0.2, 0) is 14.4 Å². The van der Waals surface area contributed by atoms with Crippen LogP contribution in [0.25, 0.3) is 0 Å². The van der Waals surface area contributed by atoms with Crippen LogP contribution in [0.2, 0.25) is 0 Å². The third-order valence-electron chi connectivity index (χ3n) is 1.50. The predicted octanol–water partition coefficient (Wildman–Crippen LogP) is 1.51. The molecular formula is C10H21NO3. The molecule has 0 bridgehead atoms. The summed E-state index contributed by atoms with van der Waals surface area (Å²) in [4.78, 5) is 16.0. The molecule has 0 radical (unpaired) electrons. The van der Waals surface area contributed by atoms with Gasteiger partial charge in [0.25, 0.3) is 0 Å². The first kappa shape index (κ1) is 13.4. The Morgan fingerprint density at radius 2 is 2.14 bits per heavy atom. The smallest absolute Gasteiger partial charge is 0.322 e. The molecule has 0 fully saturated rings. The molecule has 0 saturated heterocycles. The molecule has 0 atom stereocenters. The molecule has 0 aromatic heterocycles. The minimum Gasteiger partial charge on any atom is -0.465 e. The number of hydroxylamine groups is 1. The predicted molar refractivity (Wildman–Crippen MR) is 54.7 cm³/mol. The van der Waals surface area contributed by atoms with Crippen molar-refractivity contribution >= 4 is 5.97 Å². The average molecular weight is 203 g/mol. The van der Waals surface area contributed by atoms with Crippen molar-refractivity contribution < 1.29 is 14.4 Å². The first-order valence-corrected chi connectivity index (χ1v) is 5.17. The minimum atomic E-state index is -0.262. The van der Waals surface area contributed by atoms with Gasteiger partial charge in [0.2, 0.25) is 0 Å². The van der Waals surface area contributed by atoms with Crippen LogP contribution in [0.3, 0.4) is 0 Å². The zero-order valence-electron chi connectivity index (χ0n) is 9.34. The highest BCUT2D eigenvalue weighted by Gasteiger charge is 2.01. The highest BCUT2D eigenvalue weighted by Crippen LogP contribution is 1.90. The number of carbonyl (C=O) groups is 1. The van der Waals surface area contributed by atoms with E-state index in [9.17, 15) is 4.79 Å². The summed E-state index contributed by atoms with van der Waals surface area (Å²) in [6, 6.07) is 0. The fraction of sp³-hybridized carbons (Fsp3) is 0.900. The molecule has 1 N–H and O–H groups in total. The number of esters is 1. The van der Waals surface area contributed by atoms with Crippen LogP contribution in [0.15, 0.2) is 0 Å². The topological polar surface area (TPSA) is 47.6 Å². The highest BCUT2D eigenvalue weighted by molar-refractivity contribution is 5.71. The lowest BCUT2D eigenvalue weighted by Crippen LogP contribution is -2.26. The van der Waals surface area contributed by atoms with Crippen LogP contribution >= 0.6 is 0 Å². The summed E-state index contributed by atoms with van der Waals surface area (Å²) < 4.78 is 4.91. The van der Waals surface area contributed by atoms with Crippen molar-refractivity contribution in [2.24, 2.45) is 5.92 Å². The van der Waals surface area contributed by atoms with E-state index < -0.39 is 0 Å². The van der Waals surface area contributed by atoms with Crippen LogP contribution in [0.5, 0.6) is 0 Å². The van der Waals surface area contributed by atoms with Gasteiger partial charge in [-0.3, -0.25) is 4.79 Å². The van der Waals surface area contributed by atoms with Crippen molar-refractivity contribution in [3.8, 4) is 0 Å². The molecule has 0 aliphatic rings. The lowest BCUT2D eigenvalue weighted by atomic mass is 10.2. The van der Waals surface area contributed by atoms with E-state index in [1.165, 1.54) is 0 Å². The van der Waals surface area contributed by atoms with Crippen LogP contribution in [0.4, 0.5) is 0 Å².